The summed E-state index contributed by atoms with van der Waals surface area (Å²) in [6.07, 6.45) is 2.26. The van der Waals surface area contributed by atoms with Crippen LogP contribution < -0.4 is 5.32 Å². The lowest BCUT2D eigenvalue weighted by Crippen LogP contribution is -2.16. The number of amides is 1. The molecule has 1 atom stereocenters. The van der Waals surface area contributed by atoms with Crippen molar-refractivity contribution in [2.45, 2.75) is 45.6 Å². The van der Waals surface area contributed by atoms with Crippen LogP contribution in [0.1, 0.15) is 67.1 Å². The number of rotatable bonds is 3. The second kappa shape index (κ2) is 4.28. The van der Waals surface area contributed by atoms with E-state index in [1.54, 1.807) is 0 Å². The summed E-state index contributed by atoms with van der Waals surface area (Å²) >= 11 is 0. The minimum absolute atomic E-state index is 0.0790. The number of benzene rings is 1. The average Bonchev–Trinajstić information content (AvgIpc) is 2.57. The van der Waals surface area contributed by atoms with Gasteiger partial charge in [-0.25, -0.2) is 0 Å². The maximum atomic E-state index is 11.7. The first-order valence-corrected chi connectivity index (χ1v) is 6.12. The first kappa shape index (κ1) is 11.2. The Balaban J connectivity index is 2.40. The van der Waals surface area contributed by atoms with E-state index < -0.39 is 0 Å². The predicted molar refractivity (Wildman–Crippen MR) is 65.6 cm³/mol. The molecule has 2 heteroatoms. The largest absolute Gasteiger partial charge is 0.345 e. The number of carbonyl (C=O) groups excluding carboxylic acids is 1. The summed E-state index contributed by atoms with van der Waals surface area (Å²) in [5.74, 6) is 0.657. The first-order valence-electron chi connectivity index (χ1n) is 6.12. The number of carbonyl (C=O) groups is 1. The van der Waals surface area contributed by atoms with Crippen molar-refractivity contribution < 1.29 is 4.79 Å². The molecule has 86 valence electrons. The highest BCUT2D eigenvalue weighted by Gasteiger charge is 2.25. The molecule has 2 nitrogen and oxygen atoms in total. The molecule has 0 unspecified atom stereocenters. The third kappa shape index (κ3) is 1.73. The van der Waals surface area contributed by atoms with Gasteiger partial charge in [-0.2, -0.15) is 0 Å². The van der Waals surface area contributed by atoms with E-state index in [-0.39, 0.29) is 11.9 Å². The van der Waals surface area contributed by atoms with E-state index in [9.17, 15) is 4.79 Å². The van der Waals surface area contributed by atoms with Gasteiger partial charge in [-0.1, -0.05) is 26.0 Å². The van der Waals surface area contributed by atoms with Gasteiger partial charge in [-0.3, -0.25) is 4.79 Å². The predicted octanol–water partition coefficient (Wildman–Crippen LogP) is 3.39. The SMILES string of the molecule is CCC(CC)c1ccc2c(c1)C(=O)N[C@@H]2C. The second-order valence-corrected chi connectivity index (χ2v) is 4.56. The smallest absolute Gasteiger partial charge is 0.252 e. The minimum atomic E-state index is 0.0790. The van der Waals surface area contributed by atoms with Gasteiger partial charge in [0, 0.05) is 5.56 Å². The average molecular weight is 217 g/mol. The number of hydrogen-bond acceptors (Lipinski definition) is 1. The van der Waals surface area contributed by atoms with Crippen LogP contribution >= 0.6 is 0 Å². The summed E-state index contributed by atoms with van der Waals surface area (Å²) in [5.41, 5.74) is 3.31. The summed E-state index contributed by atoms with van der Waals surface area (Å²) in [6.45, 7) is 6.43. The van der Waals surface area contributed by atoms with E-state index in [1.807, 2.05) is 6.92 Å². The maximum Gasteiger partial charge on any atom is 0.252 e. The van der Waals surface area contributed by atoms with Crippen molar-refractivity contribution in [3.63, 3.8) is 0 Å². The van der Waals surface area contributed by atoms with E-state index >= 15 is 0 Å². The standard InChI is InChI=1S/C14H19NO/c1-4-10(5-2)11-6-7-12-9(3)15-14(16)13(12)8-11/h6-10H,4-5H2,1-3H3,(H,15,16)/t9-/m1/s1. The molecule has 1 aromatic carbocycles. The van der Waals surface area contributed by atoms with Crippen LogP contribution in [0, 0.1) is 0 Å². The molecule has 0 aromatic heterocycles. The third-order valence-corrected chi connectivity index (χ3v) is 3.59. The lowest BCUT2D eigenvalue weighted by atomic mass is 9.91. The summed E-state index contributed by atoms with van der Waals surface area (Å²) in [7, 11) is 0. The molecule has 16 heavy (non-hydrogen) atoms. The molecule has 2 rings (SSSR count). The quantitative estimate of drug-likeness (QED) is 0.826. The third-order valence-electron chi connectivity index (χ3n) is 3.59. The fourth-order valence-corrected chi connectivity index (χ4v) is 2.51. The zero-order valence-electron chi connectivity index (χ0n) is 10.2. The van der Waals surface area contributed by atoms with Gasteiger partial charge in [0.1, 0.15) is 0 Å². The molecular formula is C14H19NO. The van der Waals surface area contributed by atoms with Crippen molar-refractivity contribution >= 4 is 5.91 Å². The van der Waals surface area contributed by atoms with Crippen LogP contribution in [0.4, 0.5) is 0 Å². The Labute approximate surface area is 97.1 Å². The van der Waals surface area contributed by atoms with Gasteiger partial charge in [0.15, 0.2) is 0 Å². The molecule has 1 aliphatic heterocycles. The first-order chi connectivity index (χ1) is 7.67. The van der Waals surface area contributed by atoms with Crippen molar-refractivity contribution in [2.75, 3.05) is 0 Å². The summed E-state index contributed by atoms with van der Waals surface area (Å²) in [4.78, 5) is 11.7. The molecular weight excluding hydrogens is 198 g/mol. The van der Waals surface area contributed by atoms with Crippen LogP contribution in [-0.4, -0.2) is 5.91 Å². The van der Waals surface area contributed by atoms with Crippen molar-refractivity contribution in [1.29, 1.82) is 0 Å². The van der Waals surface area contributed by atoms with Gasteiger partial charge < -0.3 is 5.32 Å². The van der Waals surface area contributed by atoms with Gasteiger partial charge in [0.05, 0.1) is 6.04 Å². The topological polar surface area (TPSA) is 29.1 Å². The van der Waals surface area contributed by atoms with Crippen molar-refractivity contribution in [3.8, 4) is 0 Å². The fraction of sp³-hybridized carbons (Fsp3) is 0.500. The lowest BCUT2D eigenvalue weighted by Gasteiger charge is -2.13. The maximum absolute atomic E-state index is 11.7. The highest BCUT2D eigenvalue weighted by molar-refractivity contribution is 5.99. The van der Waals surface area contributed by atoms with Gasteiger partial charge in [-0.15, -0.1) is 0 Å². The van der Waals surface area contributed by atoms with Crippen LogP contribution in [-0.2, 0) is 0 Å². The highest BCUT2D eigenvalue weighted by Crippen LogP contribution is 2.30. The van der Waals surface area contributed by atoms with E-state index in [1.165, 1.54) is 5.56 Å². The minimum Gasteiger partial charge on any atom is -0.345 e. The van der Waals surface area contributed by atoms with Crippen LogP contribution in [0.3, 0.4) is 0 Å². The molecule has 1 heterocycles. The lowest BCUT2D eigenvalue weighted by molar-refractivity contribution is 0.0958. The normalized spacial score (nSPS) is 18.8. The zero-order chi connectivity index (χ0) is 11.7. The van der Waals surface area contributed by atoms with Gasteiger partial charge >= 0.3 is 0 Å². The molecule has 0 spiro atoms. The Morgan fingerprint density at radius 2 is 2.00 bits per heavy atom. The summed E-state index contributed by atoms with van der Waals surface area (Å²) in [6, 6.07) is 6.52. The molecule has 1 aliphatic rings. The molecule has 1 aromatic rings. The Kier molecular flexibility index (Phi) is 2.99. The van der Waals surface area contributed by atoms with E-state index in [2.05, 4.69) is 37.4 Å². The van der Waals surface area contributed by atoms with Crippen LogP contribution in [0.25, 0.3) is 0 Å². The Bertz CT molecular complexity index is 407. The molecule has 0 saturated heterocycles. The van der Waals surface area contributed by atoms with E-state index in [0.29, 0.717) is 5.92 Å². The number of fused-ring (bicyclic) bond motifs is 1. The molecule has 0 radical (unpaired) electrons. The van der Waals surface area contributed by atoms with Gasteiger partial charge in [-0.05, 0) is 42.9 Å². The molecule has 1 amide bonds. The van der Waals surface area contributed by atoms with E-state index in [4.69, 9.17) is 0 Å². The van der Waals surface area contributed by atoms with Crippen LogP contribution in [0.15, 0.2) is 18.2 Å². The monoisotopic (exact) mass is 217 g/mol. The molecule has 0 fully saturated rings. The second-order valence-electron chi connectivity index (χ2n) is 4.56. The fourth-order valence-electron chi connectivity index (χ4n) is 2.51. The molecule has 0 aliphatic carbocycles. The van der Waals surface area contributed by atoms with Gasteiger partial charge in [0.25, 0.3) is 5.91 Å². The van der Waals surface area contributed by atoms with Gasteiger partial charge in [0.2, 0.25) is 0 Å². The van der Waals surface area contributed by atoms with Crippen molar-refractivity contribution in [3.05, 3.63) is 34.9 Å². The molecule has 0 bridgehead atoms. The zero-order valence-corrected chi connectivity index (χ0v) is 10.2. The number of hydrogen-bond donors (Lipinski definition) is 1. The Morgan fingerprint density at radius 1 is 1.31 bits per heavy atom. The van der Waals surface area contributed by atoms with Crippen LogP contribution in [0.5, 0.6) is 0 Å². The highest BCUT2D eigenvalue weighted by atomic mass is 16.2. The molecule has 1 N–H and O–H groups in total. The van der Waals surface area contributed by atoms with Crippen LogP contribution in [0.2, 0.25) is 0 Å². The van der Waals surface area contributed by atoms with Crippen molar-refractivity contribution in [1.82, 2.24) is 5.32 Å². The van der Waals surface area contributed by atoms with Crippen molar-refractivity contribution in [2.24, 2.45) is 0 Å². The summed E-state index contributed by atoms with van der Waals surface area (Å²) in [5, 5.41) is 2.95. The molecule has 0 saturated carbocycles. The Morgan fingerprint density at radius 3 is 2.62 bits per heavy atom. The van der Waals surface area contributed by atoms with E-state index in [0.717, 1.165) is 24.0 Å². The summed E-state index contributed by atoms with van der Waals surface area (Å²) < 4.78 is 0. The Hall–Kier alpha value is -1.31. The number of nitrogens with one attached hydrogen (secondary N) is 1.